The zero-order valence-corrected chi connectivity index (χ0v) is 11.0. The minimum Gasteiger partial charge on any atom is -0.325 e. The second-order valence-corrected chi connectivity index (χ2v) is 5.09. The molecule has 1 aliphatic rings. The van der Waals surface area contributed by atoms with Gasteiger partial charge in [0, 0.05) is 6.54 Å². The van der Waals surface area contributed by atoms with Crippen molar-refractivity contribution in [3.05, 3.63) is 0 Å². The number of amides is 1. The van der Waals surface area contributed by atoms with Crippen molar-refractivity contribution in [3.8, 4) is 0 Å². The monoisotopic (exact) mass is 266 g/mol. The van der Waals surface area contributed by atoms with E-state index in [1.165, 1.54) is 4.90 Å². The van der Waals surface area contributed by atoms with Crippen molar-refractivity contribution in [1.29, 1.82) is 0 Å². The molecule has 3 nitrogen and oxygen atoms in total. The molecule has 0 aliphatic carbocycles. The van der Waals surface area contributed by atoms with Gasteiger partial charge in [0.15, 0.2) is 0 Å². The van der Waals surface area contributed by atoms with Crippen LogP contribution in [0.1, 0.15) is 40.0 Å². The lowest BCUT2D eigenvalue weighted by atomic mass is 10.1. The molecule has 0 aromatic carbocycles. The number of nitrogens with zero attached hydrogens (tertiary/aromatic N) is 1. The maximum atomic E-state index is 12.3. The Kier molecular flexibility index (Phi) is 5.01. The quantitative estimate of drug-likeness (QED) is 0.829. The van der Waals surface area contributed by atoms with Crippen LogP contribution in [0.4, 0.5) is 13.2 Å². The smallest absolute Gasteiger partial charge is 0.325 e. The van der Waals surface area contributed by atoms with Crippen LogP contribution in [0, 0.1) is 5.92 Å². The summed E-state index contributed by atoms with van der Waals surface area (Å²) in [5.74, 6) is -0.0937. The molecule has 2 atom stereocenters. The average molecular weight is 266 g/mol. The van der Waals surface area contributed by atoms with Gasteiger partial charge in [-0.3, -0.25) is 10.1 Å². The lowest BCUT2D eigenvalue weighted by molar-refractivity contribution is -0.145. The molecule has 2 unspecified atom stereocenters. The van der Waals surface area contributed by atoms with Gasteiger partial charge >= 0.3 is 6.18 Å². The average Bonchev–Trinajstić information content (AvgIpc) is 2.53. The normalized spacial score (nSPS) is 25.3. The zero-order chi connectivity index (χ0) is 13.9. The van der Waals surface area contributed by atoms with Crippen LogP contribution in [0.15, 0.2) is 0 Å². The van der Waals surface area contributed by atoms with Crippen molar-refractivity contribution in [1.82, 2.24) is 10.2 Å². The summed E-state index contributed by atoms with van der Waals surface area (Å²) >= 11 is 0. The lowest BCUT2D eigenvalue weighted by Gasteiger charge is -2.27. The summed E-state index contributed by atoms with van der Waals surface area (Å²) in [7, 11) is 0. The van der Waals surface area contributed by atoms with Gasteiger partial charge < -0.3 is 4.90 Å². The number of rotatable bonds is 5. The Bertz CT molecular complexity index is 292. The molecular formula is C12H21F3N2O. The summed E-state index contributed by atoms with van der Waals surface area (Å²) in [6, 6.07) is -0.323. The van der Waals surface area contributed by atoms with Gasteiger partial charge in [0.05, 0.1) is 18.6 Å². The summed E-state index contributed by atoms with van der Waals surface area (Å²) < 4.78 is 36.8. The Hall–Kier alpha value is -0.780. The van der Waals surface area contributed by atoms with Gasteiger partial charge in [0.25, 0.3) is 0 Å². The van der Waals surface area contributed by atoms with E-state index in [-0.39, 0.29) is 30.6 Å². The summed E-state index contributed by atoms with van der Waals surface area (Å²) in [6.07, 6.45) is -3.93. The van der Waals surface area contributed by atoms with Gasteiger partial charge in [-0.15, -0.1) is 0 Å². The first kappa shape index (κ1) is 15.3. The van der Waals surface area contributed by atoms with E-state index in [0.717, 1.165) is 6.42 Å². The summed E-state index contributed by atoms with van der Waals surface area (Å²) in [4.78, 5) is 13.4. The zero-order valence-electron chi connectivity index (χ0n) is 11.0. The van der Waals surface area contributed by atoms with E-state index in [1.807, 2.05) is 20.8 Å². The number of carbonyl (C=O) groups excluding carboxylic acids is 1. The second-order valence-electron chi connectivity index (χ2n) is 5.09. The van der Waals surface area contributed by atoms with E-state index in [2.05, 4.69) is 5.32 Å². The summed E-state index contributed by atoms with van der Waals surface area (Å²) in [5.41, 5.74) is 0. The standard InChI is InChI=1S/C12H21F3N2O/c1-4-5-9-11(18)17(7-6-12(13,14)15)10(16-9)8(2)3/h8-10,16H,4-7H2,1-3H3. The van der Waals surface area contributed by atoms with Gasteiger partial charge in [-0.25, -0.2) is 0 Å². The SMILES string of the molecule is CCCC1NC(C(C)C)N(CCC(F)(F)F)C1=O. The molecule has 18 heavy (non-hydrogen) atoms. The van der Waals surface area contributed by atoms with Crippen molar-refractivity contribution in [2.45, 2.75) is 58.4 Å². The first-order chi connectivity index (χ1) is 8.26. The fourth-order valence-corrected chi connectivity index (χ4v) is 2.25. The van der Waals surface area contributed by atoms with E-state index < -0.39 is 12.6 Å². The predicted molar refractivity (Wildman–Crippen MR) is 62.8 cm³/mol. The molecule has 0 aromatic rings. The minimum atomic E-state index is -4.22. The molecular weight excluding hydrogens is 245 g/mol. The molecule has 1 aliphatic heterocycles. The van der Waals surface area contributed by atoms with Gasteiger partial charge in [-0.2, -0.15) is 13.2 Å². The molecule has 0 radical (unpaired) electrons. The van der Waals surface area contributed by atoms with Crippen LogP contribution in [-0.4, -0.2) is 35.7 Å². The van der Waals surface area contributed by atoms with Crippen LogP contribution in [0.3, 0.4) is 0 Å². The Morgan fingerprint density at radius 1 is 1.39 bits per heavy atom. The van der Waals surface area contributed by atoms with E-state index in [9.17, 15) is 18.0 Å². The number of hydrogen-bond donors (Lipinski definition) is 1. The van der Waals surface area contributed by atoms with Gasteiger partial charge in [-0.1, -0.05) is 27.2 Å². The summed E-state index contributed by atoms with van der Waals surface area (Å²) in [6.45, 7) is 5.51. The molecule has 106 valence electrons. The first-order valence-corrected chi connectivity index (χ1v) is 6.39. The van der Waals surface area contributed by atoms with E-state index in [4.69, 9.17) is 0 Å². The van der Waals surface area contributed by atoms with E-state index >= 15 is 0 Å². The number of nitrogens with one attached hydrogen (secondary N) is 1. The van der Waals surface area contributed by atoms with Crippen LogP contribution in [0.5, 0.6) is 0 Å². The van der Waals surface area contributed by atoms with E-state index in [0.29, 0.717) is 6.42 Å². The highest BCUT2D eigenvalue weighted by Gasteiger charge is 2.41. The van der Waals surface area contributed by atoms with Gasteiger partial charge in [-0.05, 0) is 12.3 Å². The van der Waals surface area contributed by atoms with Crippen molar-refractivity contribution in [2.24, 2.45) is 5.92 Å². The second kappa shape index (κ2) is 5.91. The van der Waals surface area contributed by atoms with Crippen molar-refractivity contribution < 1.29 is 18.0 Å². The molecule has 1 rings (SSSR count). The third kappa shape index (κ3) is 3.86. The molecule has 0 aromatic heterocycles. The van der Waals surface area contributed by atoms with Gasteiger partial charge in [0.2, 0.25) is 5.91 Å². The molecule has 1 saturated heterocycles. The first-order valence-electron chi connectivity index (χ1n) is 6.39. The molecule has 6 heteroatoms. The highest BCUT2D eigenvalue weighted by atomic mass is 19.4. The minimum absolute atomic E-state index is 0.101. The summed E-state index contributed by atoms with van der Waals surface area (Å²) in [5, 5.41) is 3.14. The van der Waals surface area contributed by atoms with Gasteiger partial charge in [0.1, 0.15) is 0 Å². The fourth-order valence-electron chi connectivity index (χ4n) is 2.25. The number of halogens is 3. The highest BCUT2D eigenvalue weighted by molar-refractivity contribution is 5.84. The molecule has 0 bridgehead atoms. The number of carbonyl (C=O) groups is 1. The molecule has 1 N–H and O–H groups in total. The van der Waals surface area contributed by atoms with E-state index in [1.54, 1.807) is 0 Å². The molecule has 0 spiro atoms. The number of alkyl halides is 3. The van der Waals surface area contributed by atoms with Crippen molar-refractivity contribution in [2.75, 3.05) is 6.54 Å². The Balaban J connectivity index is 2.69. The van der Waals surface area contributed by atoms with Crippen LogP contribution in [0.2, 0.25) is 0 Å². The molecule has 1 heterocycles. The van der Waals surface area contributed by atoms with Crippen LogP contribution in [0.25, 0.3) is 0 Å². The van der Waals surface area contributed by atoms with Crippen LogP contribution >= 0.6 is 0 Å². The fraction of sp³-hybridized carbons (Fsp3) is 0.917. The van der Waals surface area contributed by atoms with Crippen molar-refractivity contribution in [3.63, 3.8) is 0 Å². The maximum absolute atomic E-state index is 12.3. The van der Waals surface area contributed by atoms with Crippen LogP contribution in [-0.2, 0) is 4.79 Å². The third-order valence-corrected chi connectivity index (χ3v) is 3.13. The van der Waals surface area contributed by atoms with Crippen LogP contribution < -0.4 is 5.32 Å². The lowest BCUT2D eigenvalue weighted by Crippen LogP contribution is -2.42. The number of hydrogen-bond acceptors (Lipinski definition) is 2. The maximum Gasteiger partial charge on any atom is 0.390 e. The molecule has 1 amide bonds. The predicted octanol–water partition coefficient (Wildman–Crippen LogP) is 2.52. The topological polar surface area (TPSA) is 32.3 Å². The molecule has 0 saturated carbocycles. The third-order valence-electron chi connectivity index (χ3n) is 3.13. The molecule has 1 fully saturated rings. The Morgan fingerprint density at radius 2 is 2.00 bits per heavy atom. The van der Waals surface area contributed by atoms with Crippen molar-refractivity contribution >= 4 is 5.91 Å². The largest absolute Gasteiger partial charge is 0.390 e. The highest BCUT2D eigenvalue weighted by Crippen LogP contribution is 2.25. The Morgan fingerprint density at radius 3 is 2.44 bits per heavy atom. The Labute approximate surface area is 106 Å².